The highest BCUT2D eigenvalue weighted by Crippen LogP contribution is 2.34. The second kappa shape index (κ2) is 5.58. The van der Waals surface area contributed by atoms with E-state index in [1.54, 1.807) is 24.3 Å². The lowest BCUT2D eigenvalue weighted by Crippen LogP contribution is -2.17. The highest BCUT2D eigenvalue weighted by Gasteiger charge is 2.23. The summed E-state index contributed by atoms with van der Waals surface area (Å²) in [5.74, 6) is -0.0770. The van der Waals surface area contributed by atoms with Gasteiger partial charge in [-0.15, -0.1) is 0 Å². The van der Waals surface area contributed by atoms with Crippen LogP contribution < -0.4 is 0 Å². The number of fused-ring (bicyclic) bond motifs is 1. The zero-order valence-corrected chi connectivity index (χ0v) is 11.7. The lowest BCUT2D eigenvalue weighted by atomic mass is 9.92. The number of carbonyl (C=O) groups is 1. The highest BCUT2D eigenvalue weighted by atomic mass is 16.5. The Bertz CT molecular complexity index is 661. The Morgan fingerprint density at radius 2 is 2.00 bits per heavy atom. The lowest BCUT2D eigenvalue weighted by molar-refractivity contribution is 0.0599. The van der Waals surface area contributed by atoms with Crippen molar-refractivity contribution in [3.05, 3.63) is 64.7 Å². The number of aromatic hydroxyl groups is 1. The second-order valence-electron chi connectivity index (χ2n) is 5.00. The van der Waals surface area contributed by atoms with Crippen LogP contribution in [0.1, 0.15) is 33.2 Å². The molecule has 0 spiro atoms. The minimum absolute atomic E-state index is 0.166. The van der Waals surface area contributed by atoms with E-state index in [-0.39, 0.29) is 17.8 Å². The molecule has 4 heteroatoms. The van der Waals surface area contributed by atoms with Gasteiger partial charge in [-0.3, -0.25) is 0 Å². The summed E-state index contributed by atoms with van der Waals surface area (Å²) >= 11 is 0. The van der Waals surface area contributed by atoms with Crippen LogP contribution in [0.2, 0.25) is 0 Å². The van der Waals surface area contributed by atoms with Crippen LogP contribution in [0.15, 0.2) is 42.5 Å². The molecule has 0 amide bonds. The van der Waals surface area contributed by atoms with Gasteiger partial charge in [0, 0.05) is 0 Å². The van der Waals surface area contributed by atoms with Crippen LogP contribution in [0.4, 0.5) is 0 Å². The van der Waals surface area contributed by atoms with Crippen LogP contribution in [-0.4, -0.2) is 24.8 Å². The number of phenols is 1. The van der Waals surface area contributed by atoms with Crippen LogP contribution in [0.3, 0.4) is 0 Å². The second-order valence-corrected chi connectivity index (χ2v) is 5.00. The Kier molecular flexibility index (Phi) is 3.62. The summed E-state index contributed by atoms with van der Waals surface area (Å²) < 4.78 is 10.6. The first-order chi connectivity index (χ1) is 10.2. The number of hydrogen-bond donors (Lipinski definition) is 1. The quantitative estimate of drug-likeness (QED) is 0.862. The average molecular weight is 284 g/mol. The third-order valence-electron chi connectivity index (χ3n) is 3.70. The summed E-state index contributed by atoms with van der Waals surface area (Å²) in [6.45, 7) is 0.611. The van der Waals surface area contributed by atoms with Gasteiger partial charge in [0.25, 0.3) is 0 Å². The maximum absolute atomic E-state index is 11.5. The van der Waals surface area contributed by atoms with E-state index in [9.17, 15) is 9.90 Å². The fraction of sp³-hybridized carbons (Fsp3) is 0.235. The van der Waals surface area contributed by atoms with Crippen LogP contribution in [0.5, 0.6) is 5.75 Å². The van der Waals surface area contributed by atoms with Crippen LogP contribution >= 0.6 is 0 Å². The Morgan fingerprint density at radius 3 is 2.71 bits per heavy atom. The average Bonchev–Trinajstić information content (AvgIpc) is 2.53. The molecular formula is C17H16O4. The molecule has 21 heavy (non-hydrogen) atoms. The summed E-state index contributed by atoms with van der Waals surface area (Å²) in [5, 5.41) is 9.58. The fourth-order valence-electron chi connectivity index (χ4n) is 2.63. The Morgan fingerprint density at radius 1 is 1.24 bits per heavy atom. The van der Waals surface area contributed by atoms with Gasteiger partial charge in [-0.25, -0.2) is 4.79 Å². The lowest BCUT2D eigenvalue weighted by Gasteiger charge is -2.26. The molecule has 4 nitrogen and oxygen atoms in total. The molecule has 0 aromatic heterocycles. The Balaban J connectivity index is 1.93. The molecule has 0 saturated heterocycles. The topological polar surface area (TPSA) is 55.8 Å². The number of esters is 1. The number of hydrogen-bond acceptors (Lipinski definition) is 4. The molecular weight excluding hydrogens is 268 g/mol. The molecule has 1 aliphatic heterocycles. The van der Waals surface area contributed by atoms with Crippen molar-refractivity contribution >= 4 is 5.97 Å². The summed E-state index contributed by atoms with van der Waals surface area (Å²) in [4.78, 5) is 11.5. The van der Waals surface area contributed by atoms with E-state index >= 15 is 0 Å². The Labute approximate surface area is 122 Å². The third-order valence-corrected chi connectivity index (χ3v) is 3.70. The zero-order chi connectivity index (χ0) is 14.8. The molecule has 3 rings (SSSR count). The van der Waals surface area contributed by atoms with Gasteiger partial charge in [-0.1, -0.05) is 18.2 Å². The van der Waals surface area contributed by atoms with Gasteiger partial charge in [0.05, 0.1) is 19.3 Å². The molecule has 1 unspecified atom stereocenters. The number of ether oxygens (including phenoxy) is 2. The normalized spacial score (nSPS) is 17.1. The molecule has 2 aromatic rings. The maximum Gasteiger partial charge on any atom is 0.337 e. The molecule has 1 heterocycles. The third kappa shape index (κ3) is 2.62. The first-order valence-electron chi connectivity index (χ1n) is 6.80. The van der Waals surface area contributed by atoms with Gasteiger partial charge in [0.2, 0.25) is 0 Å². The van der Waals surface area contributed by atoms with Gasteiger partial charge in [0.1, 0.15) is 11.9 Å². The van der Waals surface area contributed by atoms with Crippen LogP contribution in [0.25, 0.3) is 0 Å². The number of methoxy groups -OCH3 is 1. The minimum Gasteiger partial charge on any atom is -0.508 e. The molecule has 2 aromatic carbocycles. The fourth-order valence-corrected chi connectivity index (χ4v) is 2.63. The molecule has 1 atom stereocenters. The van der Waals surface area contributed by atoms with Gasteiger partial charge >= 0.3 is 5.97 Å². The molecule has 1 aliphatic rings. The van der Waals surface area contributed by atoms with E-state index in [4.69, 9.17) is 9.47 Å². The van der Waals surface area contributed by atoms with Crippen molar-refractivity contribution in [1.29, 1.82) is 0 Å². The smallest absolute Gasteiger partial charge is 0.337 e. The van der Waals surface area contributed by atoms with Gasteiger partial charge < -0.3 is 14.6 Å². The van der Waals surface area contributed by atoms with Crippen molar-refractivity contribution < 1.29 is 19.4 Å². The van der Waals surface area contributed by atoms with Crippen LogP contribution in [-0.2, 0) is 15.9 Å². The molecule has 1 N–H and O–H groups in total. The van der Waals surface area contributed by atoms with E-state index in [1.807, 2.05) is 18.2 Å². The van der Waals surface area contributed by atoms with Crippen LogP contribution in [0, 0.1) is 0 Å². The van der Waals surface area contributed by atoms with Gasteiger partial charge in [-0.05, 0) is 47.4 Å². The van der Waals surface area contributed by atoms with E-state index in [1.165, 1.54) is 7.11 Å². The van der Waals surface area contributed by atoms with Crippen molar-refractivity contribution in [3.8, 4) is 5.75 Å². The molecule has 0 radical (unpaired) electrons. The largest absolute Gasteiger partial charge is 0.508 e. The number of phenolic OH excluding ortho intramolecular Hbond substituents is 1. The first-order valence-corrected chi connectivity index (χ1v) is 6.80. The van der Waals surface area contributed by atoms with E-state index < -0.39 is 0 Å². The first kappa shape index (κ1) is 13.6. The molecule has 108 valence electrons. The molecule has 0 aliphatic carbocycles. The van der Waals surface area contributed by atoms with Gasteiger partial charge in [0.15, 0.2) is 0 Å². The SMILES string of the molecule is COC(=O)c1ccc(C2OCCc3cc(O)ccc32)cc1. The Hall–Kier alpha value is -2.33. The van der Waals surface area contributed by atoms with Crippen molar-refractivity contribution in [2.24, 2.45) is 0 Å². The van der Waals surface area contributed by atoms with Gasteiger partial charge in [-0.2, -0.15) is 0 Å². The number of carbonyl (C=O) groups excluding carboxylic acids is 1. The monoisotopic (exact) mass is 284 g/mol. The summed E-state index contributed by atoms with van der Waals surface area (Å²) in [6.07, 6.45) is 0.626. The minimum atomic E-state index is -0.351. The number of rotatable bonds is 2. The van der Waals surface area contributed by atoms with Crippen molar-refractivity contribution in [3.63, 3.8) is 0 Å². The maximum atomic E-state index is 11.5. The number of benzene rings is 2. The summed E-state index contributed by atoms with van der Waals surface area (Å²) in [6, 6.07) is 12.6. The predicted molar refractivity (Wildman–Crippen MR) is 77.4 cm³/mol. The van der Waals surface area contributed by atoms with Crippen molar-refractivity contribution in [1.82, 2.24) is 0 Å². The van der Waals surface area contributed by atoms with E-state index in [2.05, 4.69) is 0 Å². The molecule has 0 saturated carbocycles. The predicted octanol–water partition coefficient (Wildman–Crippen LogP) is 2.84. The van der Waals surface area contributed by atoms with Crippen molar-refractivity contribution in [2.45, 2.75) is 12.5 Å². The summed E-state index contributed by atoms with van der Waals surface area (Å²) in [5.41, 5.74) is 3.66. The standard InChI is InChI=1S/C17H16O4/c1-20-17(19)12-4-2-11(3-5-12)16-15-7-6-14(18)10-13(15)8-9-21-16/h2-7,10,16,18H,8-9H2,1H3. The summed E-state index contributed by atoms with van der Waals surface area (Å²) in [7, 11) is 1.36. The van der Waals surface area contributed by atoms with E-state index in [0.717, 1.165) is 23.1 Å². The molecule has 0 fully saturated rings. The van der Waals surface area contributed by atoms with Crippen molar-refractivity contribution in [2.75, 3.05) is 13.7 Å². The molecule has 0 bridgehead atoms. The highest BCUT2D eigenvalue weighted by molar-refractivity contribution is 5.89. The van der Waals surface area contributed by atoms with E-state index in [0.29, 0.717) is 12.2 Å². The zero-order valence-electron chi connectivity index (χ0n) is 11.7.